The third-order valence-electron chi connectivity index (χ3n) is 10.0. The van der Waals surface area contributed by atoms with E-state index in [1.807, 2.05) is 0 Å². The molecule has 1 N–H and O–H groups in total. The van der Waals surface area contributed by atoms with Crippen LogP contribution in [0.5, 0.6) is 17.2 Å². The number of rotatable bonds is 4. The van der Waals surface area contributed by atoms with E-state index in [-0.39, 0.29) is 16.2 Å². The summed E-state index contributed by atoms with van der Waals surface area (Å²) in [5.74, 6) is 1.86. The van der Waals surface area contributed by atoms with E-state index < -0.39 is 0 Å². The van der Waals surface area contributed by atoms with E-state index >= 15 is 0 Å². The van der Waals surface area contributed by atoms with Gasteiger partial charge in [-0.3, -0.25) is 0 Å². The Morgan fingerprint density at radius 1 is 0.698 bits per heavy atom. The molecule has 224 valence electrons. The number of fused-ring (bicyclic) bond motifs is 7. The average molecular weight is 578 g/mol. The second-order valence-corrected chi connectivity index (χ2v) is 14.4. The fraction of sp³-hybridized carbons (Fsp3) is 0.421. The van der Waals surface area contributed by atoms with Gasteiger partial charge in [0, 0.05) is 46.8 Å². The van der Waals surface area contributed by atoms with Crippen LogP contribution in [0.25, 0.3) is 33.0 Å². The van der Waals surface area contributed by atoms with E-state index in [4.69, 9.17) is 14.2 Å². The molecule has 4 aromatic rings. The van der Waals surface area contributed by atoms with Crippen molar-refractivity contribution in [3.8, 4) is 39.5 Å². The minimum atomic E-state index is -0.146. The standard InChI is InChI=1S/C38H43NO4/c1-36(2)21-37(3,4)23-38(22-36)30-10-8-7-9-26(30)35-29-19-34(42-6)28(18-27(29)32(40)20-31(35)38)25-12-11-24(17-33(25)41-5)39-13-15-43-16-14-39/h7-12,17-20,40H,13-16,21-23H2,1-6H3. The quantitative estimate of drug-likeness (QED) is 0.263. The minimum Gasteiger partial charge on any atom is -0.507 e. The Morgan fingerprint density at radius 2 is 1.37 bits per heavy atom. The first-order valence-electron chi connectivity index (χ1n) is 15.6. The van der Waals surface area contributed by atoms with Crippen molar-refractivity contribution < 1.29 is 19.3 Å². The molecular weight excluding hydrogens is 534 g/mol. The van der Waals surface area contributed by atoms with Gasteiger partial charge in [0.25, 0.3) is 0 Å². The van der Waals surface area contributed by atoms with Crippen LogP contribution < -0.4 is 14.4 Å². The molecule has 0 bridgehead atoms. The second-order valence-electron chi connectivity index (χ2n) is 14.4. The summed E-state index contributed by atoms with van der Waals surface area (Å²) >= 11 is 0. The lowest BCUT2D eigenvalue weighted by atomic mass is 9.52. The average Bonchev–Trinajstić information content (AvgIpc) is 3.23. The monoisotopic (exact) mass is 577 g/mol. The smallest absolute Gasteiger partial charge is 0.128 e. The van der Waals surface area contributed by atoms with Gasteiger partial charge in [-0.2, -0.15) is 0 Å². The van der Waals surface area contributed by atoms with Crippen molar-refractivity contribution in [1.29, 1.82) is 0 Å². The maximum atomic E-state index is 11.8. The number of phenols is 1. The Balaban J connectivity index is 1.44. The fourth-order valence-electron chi connectivity index (χ4n) is 9.16. The van der Waals surface area contributed by atoms with E-state index in [0.717, 1.165) is 78.2 Å². The predicted molar refractivity (Wildman–Crippen MR) is 175 cm³/mol. The van der Waals surface area contributed by atoms with Crippen molar-refractivity contribution in [3.63, 3.8) is 0 Å². The highest BCUT2D eigenvalue weighted by molar-refractivity contribution is 6.08. The zero-order valence-corrected chi connectivity index (χ0v) is 26.3. The first-order chi connectivity index (χ1) is 20.6. The first-order valence-corrected chi connectivity index (χ1v) is 15.6. The topological polar surface area (TPSA) is 51.2 Å². The summed E-state index contributed by atoms with van der Waals surface area (Å²) in [5, 5.41) is 13.6. The number of methoxy groups -OCH3 is 2. The van der Waals surface area contributed by atoms with Gasteiger partial charge in [0.1, 0.15) is 17.2 Å². The van der Waals surface area contributed by atoms with E-state index in [0.29, 0.717) is 5.75 Å². The molecule has 4 aromatic carbocycles. The molecule has 1 heterocycles. The molecule has 0 aromatic heterocycles. The molecule has 1 saturated carbocycles. The van der Waals surface area contributed by atoms with Crippen molar-refractivity contribution in [2.24, 2.45) is 10.8 Å². The summed E-state index contributed by atoms with van der Waals surface area (Å²) in [6, 6.07) is 21.5. The Bertz CT molecular complexity index is 1710. The van der Waals surface area contributed by atoms with Crippen molar-refractivity contribution in [3.05, 3.63) is 71.8 Å². The lowest BCUT2D eigenvalue weighted by Gasteiger charge is -2.51. The van der Waals surface area contributed by atoms with Gasteiger partial charge < -0.3 is 24.2 Å². The highest BCUT2D eigenvalue weighted by atomic mass is 16.5. The molecule has 0 unspecified atom stereocenters. The van der Waals surface area contributed by atoms with E-state index in [1.165, 1.54) is 28.7 Å². The zero-order valence-electron chi connectivity index (χ0n) is 26.3. The normalized spacial score (nSPS) is 19.7. The molecule has 0 atom stereocenters. The van der Waals surface area contributed by atoms with Crippen LogP contribution in [0.2, 0.25) is 0 Å². The summed E-state index contributed by atoms with van der Waals surface area (Å²) in [6.45, 7) is 12.8. The first kappa shape index (κ1) is 28.1. The second kappa shape index (κ2) is 9.92. The molecule has 2 fully saturated rings. The van der Waals surface area contributed by atoms with Crippen LogP contribution in [0, 0.1) is 10.8 Å². The van der Waals surface area contributed by atoms with E-state index in [9.17, 15) is 5.11 Å². The number of aromatic hydroxyl groups is 1. The van der Waals surface area contributed by atoms with Gasteiger partial charge in [-0.05, 0) is 88.1 Å². The lowest BCUT2D eigenvalue weighted by Crippen LogP contribution is -2.43. The number of phenolic OH excluding ortho intramolecular Hbond substituents is 1. The van der Waals surface area contributed by atoms with Gasteiger partial charge in [0.2, 0.25) is 0 Å². The van der Waals surface area contributed by atoms with Gasteiger partial charge in [0.15, 0.2) is 0 Å². The van der Waals surface area contributed by atoms with E-state index in [1.54, 1.807) is 14.2 Å². The molecule has 3 aliphatic rings. The van der Waals surface area contributed by atoms with Gasteiger partial charge >= 0.3 is 0 Å². The summed E-state index contributed by atoms with van der Waals surface area (Å²) in [5.41, 5.74) is 8.30. The van der Waals surface area contributed by atoms with Crippen LogP contribution in [-0.4, -0.2) is 45.6 Å². The van der Waals surface area contributed by atoms with Crippen molar-refractivity contribution in [2.45, 2.75) is 52.4 Å². The largest absolute Gasteiger partial charge is 0.507 e. The molecule has 0 radical (unpaired) electrons. The Kier molecular flexibility index (Phi) is 6.48. The summed E-state index contributed by atoms with van der Waals surface area (Å²) in [4.78, 5) is 2.32. The number of benzene rings is 4. The summed E-state index contributed by atoms with van der Waals surface area (Å²) in [7, 11) is 3.44. The third-order valence-corrected chi connectivity index (χ3v) is 10.0. The maximum absolute atomic E-state index is 11.8. The van der Waals surface area contributed by atoms with Gasteiger partial charge in [-0.1, -0.05) is 52.0 Å². The van der Waals surface area contributed by atoms with Crippen molar-refractivity contribution in [1.82, 2.24) is 0 Å². The Labute approximate surface area is 255 Å². The molecular formula is C38H43NO4. The van der Waals surface area contributed by atoms with Crippen LogP contribution in [0.15, 0.2) is 60.7 Å². The van der Waals surface area contributed by atoms with Crippen LogP contribution >= 0.6 is 0 Å². The van der Waals surface area contributed by atoms with Gasteiger partial charge in [0.05, 0.1) is 27.4 Å². The van der Waals surface area contributed by atoms with E-state index in [2.05, 4.69) is 93.3 Å². The maximum Gasteiger partial charge on any atom is 0.128 e. The number of hydrogen-bond acceptors (Lipinski definition) is 5. The number of morpholine rings is 1. The number of nitrogens with zero attached hydrogens (tertiary/aromatic N) is 1. The Hall–Kier alpha value is -3.70. The SMILES string of the molecule is COc1cc(N2CCOCC2)ccc1-c1cc2c(O)cc3c(c2cc1OC)-c1ccccc1C31CC(C)(C)CC(C)(C)C1. The molecule has 2 aliphatic carbocycles. The predicted octanol–water partition coefficient (Wildman–Crippen LogP) is 8.57. The van der Waals surface area contributed by atoms with Gasteiger partial charge in [-0.25, -0.2) is 0 Å². The van der Waals surface area contributed by atoms with Crippen molar-refractivity contribution >= 4 is 16.5 Å². The minimum absolute atomic E-state index is 0.146. The van der Waals surface area contributed by atoms with Crippen LogP contribution in [0.4, 0.5) is 5.69 Å². The number of hydrogen-bond donors (Lipinski definition) is 1. The molecule has 5 heteroatoms. The lowest BCUT2D eigenvalue weighted by molar-refractivity contribution is 0.0645. The van der Waals surface area contributed by atoms with Crippen LogP contribution in [0.3, 0.4) is 0 Å². The van der Waals surface area contributed by atoms with Crippen LogP contribution in [0.1, 0.15) is 58.1 Å². The molecule has 1 spiro atoms. The molecule has 1 aliphatic heterocycles. The molecule has 43 heavy (non-hydrogen) atoms. The molecule has 1 saturated heterocycles. The number of anilines is 1. The highest BCUT2D eigenvalue weighted by Crippen LogP contribution is 2.65. The molecule has 7 rings (SSSR count). The highest BCUT2D eigenvalue weighted by Gasteiger charge is 2.53. The molecule has 5 nitrogen and oxygen atoms in total. The third kappa shape index (κ3) is 4.47. The van der Waals surface area contributed by atoms with Crippen molar-refractivity contribution in [2.75, 3.05) is 45.4 Å². The van der Waals surface area contributed by atoms with Crippen LogP contribution in [-0.2, 0) is 10.2 Å². The number of ether oxygens (including phenoxy) is 3. The summed E-state index contributed by atoms with van der Waals surface area (Å²) in [6.07, 6.45) is 3.29. The zero-order chi connectivity index (χ0) is 30.1. The summed E-state index contributed by atoms with van der Waals surface area (Å²) < 4.78 is 17.6. The van der Waals surface area contributed by atoms with Gasteiger partial charge in [-0.15, -0.1) is 0 Å². The Morgan fingerprint density at radius 3 is 2.07 bits per heavy atom. The molecule has 0 amide bonds. The fourth-order valence-corrected chi connectivity index (χ4v) is 9.16.